The third-order valence-corrected chi connectivity index (χ3v) is 10.9. The number of alkyl halides is 2. The highest BCUT2D eigenvalue weighted by Gasteiger charge is 2.47. The second kappa shape index (κ2) is 12.6. The molecular formula is C27H41F2N5O4S. The first kappa shape index (κ1) is 29.0. The molecule has 9 nitrogen and oxygen atoms in total. The van der Waals surface area contributed by atoms with Crippen molar-refractivity contribution in [2.45, 2.75) is 93.5 Å². The van der Waals surface area contributed by atoms with Gasteiger partial charge in [-0.25, -0.2) is 0 Å². The summed E-state index contributed by atoms with van der Waals surface area (Å²) in [7, 11) is 1.74. The number of fused-ring (bicyclic) bond motifs is 1. The Morgan fingerprint density at radius 2 is 1.95 bits per heavy atom. The van der Waals surface area contributed by atoms with Gasteiger partial charge in [0.2, 0.25) is 11.8 Å². The van der Waals surface area contributed by atoms with E-state index < -0.39 is 12.7 Å². The fraction of sp³-hybridized carbons (Fsp3) is 0.889. The average Bonchev–Trinajstić information content (AvgIpc) is 3.30. The predicted molar refractivity (Wildman–Crippen MR) is 141 cm³/mol. The van der Waals surface area contributed by atoms with Gasteiger partial charge in [0.15, 0.2) is 0 Å². The molecule has 3 aliphatic heterocycles. The first-order valence-corrected chi connectivity index (χ1v) is 15.3. The number of likely N-dealkylation sites (tertiary alicyclic amines) is 1. The molecule has 3 saturated heterocycles. The molecule has 218 valence electrons. The van der Waals surface area contributed by atoms with Crippen LogP contribution in [-0.4, -0.2) is 85.1 Å². The summed E-state index contributed by atoms with van der Waals surface area (Å²) in [6, 6.07) is 2.95. The molecule has 2 aliphatic carbocycles. The molecule has 9 atom stereocenters. The Morgan fingerprint density at radius 3 is 2.67 bits per heavy atom. The Hall–Kier alpha value is -1.52. The van der Waals surface area contributed by atoms with Gasteiger partial charge in [0.25, 0.3) is 0 Å². The zero-order valence-electron chi connectivity index (χ0n) is 22.7. The van der Waals surface area contributed by atoms with E-state index in [2.05, 4.69) is 33.7 Å². The van der Waals surface area contributed by atoms with Gasteiger partial charge in [0.05, 0.1) is 24.2 Å². The molecule has 5 aliphatic rings. The van der Waals surface area contributed by atoms with Crippen molar-refractivity contribution in [3.63, 3.8) is 0 Å². The summed E-state index contributed by atoms with van der Waals surface area (Å²) in [5.74, 6) is -0.0669. The molecule has 5 rings (SSSR count). The molecule has 2 saturated carbocycles. The zero-order valence-corrected chi connectivity index (χ0v) is 23.5. The number of nitrogens with one attached hydrogen (secondary N) is 3. The SMILES string of the molecule is COC1CCC(C#N)CC1C1CC(C)NCC1C(=O)NC1NC2CCN(C(=O)C3CC(OC(F)F)C3)CC2S1. The number of hydrogen-bond donors (Lipinski definition) is 3. The molecule has 3 N–H and O–H groups in total. The Bertz CT molecular complexity index is 934. The molecule has 12 heteroatoms. The Morgan fingerprint density at radius 1 is 1.15 bits per heavy atom. The lowest BCUT2D eigenvalue weighted by Gasteiger charge is -2.44. The molecule has 0 aromatic rings. The van der Waals surface area contributed by atoms with Crippen LogP contribution in [0.5, 0.6) is 0 Å². The van der Waals surface area contributed by atoms with Gasteiger partial charge in [0.1, 0.15) is 5.50 Å². The van der Waals surface area contributed by atoms with Crippen LogP contribution in [0.3, 0.4) is 0 Å². The number of nitriles is 1. The van der Waals surface area contributed by atoms with Crippen LogP contribution in [0, 0.1) is 40.9 Å². The van der Waals surface area contributed by atoms with Crippen molar-refractivity contribution in [2.24, 2.45) is 29.6 Å². The molecule has 39 heavy (non-hydrogen) atoms. The van der Waals surface area contributed by atoms with E-state index in [1.54, 1.807) is 18.9 Å². The third-order valence-electron chi connectivity index (χ3n) is 9.59. The zero-order chi connectivity index (χ0) is 27.7. The Labute approximate surface area is 233 Å². The van der Waals surface area contributed by atoms with Crippen molar-refractivity contribution in [2.75, 3.05) is 26.7 Å². The number of amides is 2. The van der Waals surface area contributed by atoms with Crippen LogP contribution >= 0.6 is 11.8 Å². The number of piperidine rings is 2. The second-order valence-electron chi connectivity index (χ2n) is 12.0. The summed E-state index contributed by atoms with van der Waals surface area (Å²) in [5, 5.41) is 20.0. The van der Waals surface area contributed by atoms with Crippen LogP contribution in [-0.2, 0) is 19.1 Å². The Balaban J connectivity index is 1.15. The maximum Gasteiger partial charge on any atom is 0.345 e. The van der Waals surface area contributed by atoms with Gasteiger partial charge in [-0.1, -0.05) is 0 Å². The number of ether oxygens (including phenoxy) is 2. The van der Waals surface area contributed by atoms with E-state index in [0.29, 0.717) is 38.5 Å². The molecule has 3 heterocycles. The molecule has 0 radical (unpaired) electrons. The van der Waals surface area contributed by atoms with E-state index in [-0.39, 0.29) is 64.3 Å². The van der Waals surface area contributed by atoms with Gasteiger partial charge < -0.3 is 25.0 Å². The largest absolute Gasteiger partial charge is 0.381 e. The molecule has 2 amide bonds. The highest BCUT2D eigenvalue weighted by Crippen LogP contribution is 2.42. The summed E-state index contributed by atoms with van der Waals surface area (Å²) in [4.78, 5) is 28.4. The van der Waals surface area contributed by atoms with Crippen molar-refractivity contribution in [1.82, 2.24) is 20.9 Å². The quantitative estimate of drug-likeness (QED) is 0.428. The molecule has 0 aromatic heterocycles. The van der Waals surface area contributed by atoms with E-state index in [1.807, 2.05) is 4.90 Å². The molecule has 0 spiro atoms. The van der Waals surface area contributed by atoms with Gasteiger partial charge in [-0.15, -0.1) is 11.8 Å². The lowest BCUT2D eigenvalue weighted by Crippen LogP contribution is -2.56. The van der Waals surface area contributed by atoms with E-state index in [4.69, 9.17) is 4.74 Å². The van der Waals surface area contributed by atoms with Crippen LogP contribution in [0.25, 0.3) is 0 Å². The number of methoxy groups -OCH3 is 1. The minimum atomic E-state index is -2.79. The lowest BCUT2D eigenvalue weighted by molar-refractivity contribution is -0.195. The minimum absolute atomic E-state index is 0.0128. The van der Waals surface area contributed by atoms with Crippen molar-refractivity contribution in [3.8, 4) is 6.07 Å². The number of nitrogens with zero attached hydrogens (tertiary/aromatic N) is 2. The molecular weight excluding hydrogens is 528 g/mol. The fourth-order valence-electron chi connectivity index (χ4n) is 7.38. The van der Waals surface area contributed by atoms with Gasteiger partial charge in [-0.3, -0.25) is 14.9 Å². The highest BCUT2D eigenvalue weighted by atomic mass is 32.2. The first-order valence-electron chi connectivity index (χ1n) is 14.4. The number of carbonyl (C=O) groups excluding carboxylic acids is 2. The van der Waals surface area contributed by atoms with Gasteiger partial charge in [-0.2, -0.15) is 14.0 Å². The normalized spacial score (nSPS) is 42.4. The maximum atomic E-state index is 13.6. The number of halogens is 2. The summed E-state index contributed by atoms with van der Waals surface area (Å²) in [6.07, 6.45) is 4.38. The average molecular weight is 570 g/mol. The van der Waals surface area contributed by atoms with Gasteiger partial charge in [-0.05, 0) is 63.7 Å². The van der Waals surface area contributed by atoms with E-state index in [9.17, 15) is 23.6 Å². The smallest absolute Gasteiger partial charge is 0.345 e. The van der Waals surface area contributed by atoms with Crippen LogP contribution < -0.4 is 16.0 Å². The highest BCUT2D eigenvalue weighted by molar-refractivity contribution is 8.00. The van der Waals surface area contributed by atoms with Crippen LogP contribution in [0.1, 0.15) is 51.9 Å². The van der Waals surface area contributed by atoms with E-state index in [1.165, 1.54) is 0 Å². The lowest BCUT2D eigenvalue weighted by atomic mass is 9.66. The summed E-state index contributed by atoms with van der Waals surface area (Å²) < 4.78 is 35.2. The van der Waals surface area contributed by atoms with Gasteiger partial charge in [0, 0.05) is 55.9 Å². The maximum absolute atomic E-state index is 13.6. The molecule has 9 unspecified atom stereocenters. The minimum Gasteiger partial charge on any atom is -0.381 e. The van der Waals surface area contributed by atoms with Crippen molar-refractivity contribution in [3.05, 3.63) is 0 Å². The topological polar surface area (TPSA) is 116 Å². The molecule has 5 fully saturated rings. The van der Waals surface area contributed by atoms with E-state index >= 15 is 0 Å². The van der Waals surface area contributed by atoms with Crippen molar-refractivity contribution >= 4 is 23.6 Å². The van der Waals surface area contributed by atoms with E-state index in [0.717, 1.165) is 32.1 Å². The summed E-state index contributed by atoms with van der Waals surface area (Å²) in [6.45, 7) is 1.17. The van der Waals surface area contributed by atoms with Crippen LogP contribution in [0.15, 0.2) is 0 Å². The van der Waals surface area contributed by atoms with Crippen LogP contribution in [0.4, 0.5) is 8.78 Å². The van der Waals surface area contributed by atoms with Crippen LogP contribution in [0.2, 0.25) is 0 Å². The number of rotatable bonds is 7. The monoisotopic (exact) mass is 569 g/mol. The third kappa shape index (κ3) is 6.53. The molecule has 0 bridgehead atoms. The summed E-state index contributed by atoms with van der Waals surface area (Å²) >= 11 is 1.65. The fourth-order valence-corrected chi connectivity index (χ4v) is 8.84. The first-order chi connectivity index (χ1) is 18.7. The Kier molecular flexibility index (Phi) is 9.33. The summed E-state index contributed by atoms with van der Waals surface area (Å²) in [5.41, 5.74) is -0.230. The van der Waals surface area contributed by atoms with Gasteiger partial charge >= 0.3 is 6.61 Å². The second-order valence-corrected chi connectivity index (χ2v) is 13.3. The predicted octanol–water partition coefficient (Wildman–Crippen LogP) is 2.28. The number of carbonyl (C=O) groups is 2. The number of hydrogen-bond acceptors (Lipinski definition) is 8. The van der Waals surface area contributed by atoms with Crippen molar-refractivity contribution < 1.29 is 27.8 Å². The standard InChI is InChI=1S/C27H41F2N5O4S/c1-14-7-18(19-8-15(11-30)3-4-22(19)37-2)20(12-31-14)24(35)33-27-32-21-5-6-34(13-23(21)39-27)25(36)16-9-17(10-16)38-26(28)29/h14-23,26-27,31-32H,3-10,12-13H2,1-2H3,(H,33,35). The number of thioether (sulfide) groups is 1. The molecule has 0 aromatic carbocycles. The van der Waals surface area contributed by atoms with Crippen molar-refractivity contribution in [1.29, 1.82) is 5.26 Å².